The largest absolute Gasteiger partial charge is 0.381 e. The minimum atomic E-state index is -0.00205. The molecule has 0 saturated carbocycles. The molecule has 2 unspecified atom stereocenters. The van der Waals surface area contributed by atoms with E-state index in [-0.39, 0.29) is 12.0 Å². The van der Waals surface area contributed by atoms with Crippen LogP contribution in [0.5, 0.6) is 0 Å². The van der Waals surface area contributed by atoms with Gasteiger partial charge in [-0.3, -0.25) is 4.98 Å². The number of dihydropyridines is 1. The van der Waals surface area contributed by atoms with Crippen LogP contribution in [0.2, 0.25) is 0 Å². The van der Waals surface area contributed by atoms with Gasteiger partial charge in [0, 0.05) is 63.0 Å². The van der Waals surface area contributed by atoms with Crippen molar-refractivity contribution in [3.8, 4) is 39.3 Å². The third-order valence-electron chi connectivity index (χ3n) is 14.8. The fourth-order valence-corrected chi connectivity index (χ4v) is 11.8. The summed E-state index contributed by atoms with van der Waals surface area (Å²) < 4.78 is 2.54. The van der Waals surface area contributed by atoms with E-state index in [0.29, 0.717) is 0 Å². The van der Waals surface area contributed by atoms with Crippen molar-refractivity contribution in [1.29, 1.82) is 0 Å². The van der Waals surface area contributed by atoms with E-state index in [4.69, 9.17) is 4.98 Å². The second kappa shape index (κ2) is 16.4. The van der Waals surface area contributed by atoms with Crippen molar-refractivity contribution in [2.75, 3.05) is 11.4 Å². The summed E-state index contributed by atoms with van der Waals surface area (Å²) in [6.07, 6.45) is 8.32. The topological polar surface area (TPSA) is 33.1 Å². The number of hydrogen-bond acceptors (Lipinski definition) is 3. The summed E-state index contributed by atoms with van der Waals surface area (Å²) in [5.74, 6) is 0.0698. The Labute approximate surface area is 407 Å². The van der Waals surface area contributed by atoms with Crippen molar-refractivity contribution in [3.05, 3.63) is 271 Å². The molecule has 70 heavy (non-hydrogen) atoms. The highest BCUT2D eigenvalue weighted by molar-refractivity contribution is 6.32. The third kappa shape index (κ3) is 6.34. The zero-order chi connectivity index (χ0) is 46.1. The molecule has 2 atom stereocenters. The first-order chi connectivity index (χ1) is 34.8. The van der Waals surface area contributed by atoms with Gasteiger partial charge in [-0.05, 0) is 110 Å². The van der Waals surface area contributed by atoms with E-state index in [1.54, 1.807) is 0 Å². The van der Waals surface area contributed by atoms with Gasteiger partial charge in [-0.2, -0.15) is 0 Å². The van der Waals surface area contributed by atoms with Crippen LogP contribution in [0.4, 0.5) is 11.4 Å². The Morgan fingerprint density at radius 2 is 1.10 bits per heavy atom. The maximum atomic E-state index is 4.70. The lowest BCUT2D eigenvalue weighted by molar-refractivity contribution is 0.658. The van der Waals surface area contributed by atoms with Crippen LogP contribution in [0.1, 0.15) is 34.2 Å². The number of nitrogens with zero attached hydrogens (tertiary/aromatic N) is 3. The Bertz CT molecular complexity index is 3950. The maximum absolute atomic E-state index is 4.70. The maximum Gasteiger partial charge on any atom is 0.0701 e. The smallest absolute Gasteiger partial charge is 0.0701 e. The number of benzene rings is 10. The number of nitrogens with one attached hydrogen (secondary N) is 1. The van der Waals surface area contributed by atoms with Gasteiger partial charge in [-0.1, -0.05) is 188 Å². The minimum Gasteiger partial charge on any atom is -0.381 e. The lowest BCUT2D eigenvalue weighted by Gasteiger charge is -2.32. The molecule has 0 bridgehead atoms. The number of rotatable bonds is 8. The van der Waals surface area contributed by atoms with E-state index in [1.165, 1.54) is 93.5 Å². The highest BCUT2D eigenvalue weighted by Crippen LogP contribution is 2.59. The predicted molar refractivity (Wildman–Crippen MR) is 292 cm³/mol. The molecular weight excluding hydrogens is 849 g/mol. The molecule has 14 rings (SSSR count). The van der Waals surface area contributed by atoms with Gasteiger partial charge in [-0.15, -0.1) is 0 Å². The molecule has 1 N–H and O–H groups in total. The number of fused-ring (bicyclic) bond motifs is 4. The molecule has 330 valence electrons. The van der Waals surface area contributed by atoms with Crippen LogP contribution in [-0.2, 0) is 0 Å². The van der Waals surface area contributed by atoms with Gasteiger partial charge in [-0.25, -0.2) is 0 Å². The van der Waals surface area contributed by atoms with Gasteiger partial charge in [0.2, 0.25) is 0 Å². The van der Waals surface area contributed by atoms with E-state index in [9.17, 15) is 0 Å². The molecule has 0 amide bonds. The van der Waals surface area contributed by atoms with Gasteiger partial charge >= 0.3 is 0 Å². The fourth-order valence-electron chi connectivity index (χ4n) is 11.8. The molecule has 2 aromatic heterocycles. The van der Waals surface area contributed by atoms with E-state index in [0.717, 1.165) is 34.9 Å². The molecule has 4 nitrogen and oxygen atoms in total. The first kappa shape index (κ1) is 40.1. The van der Waals surface area contributed by atoms with Crippen molar-refractivity contribution in [3.63, 3.8) is 0 Å². The standard InChI is InChI=1S/C66H46N4/c1-5-17-45(18-6-1)61-55-41-49-31-38-54-60-50(32-37-53(59(49)60)65(55)69(63(61)47-21-9-3-10-22-47)51-33-27-43(28-34-51)57-25-13-15-39-67-57)42-56-62(46-19-7-2-8-20-46)64(48-23-11-4-12-24-48)70(66(54)56)52-35-29-44(30-36-52)58-26-14-16-40-68-58/h1-39,41-42,61,63,68H,40H2. The first-order valence-electron chi connectivity index (χ1n) is 24.3. The monoisotopic (exact) mass is 894 g/mol. The Balaban J connectivity index is 1.08. The average molecular weight is 895 g/mol. The van der Waals surface area contributed by atoms with Gasteiger partial charge in [0.05, 0.1) is 28.6 Å². The van der Waals surface area contributed by atoms with Crippen molar-refractivity contribution >= 4 is 60.3 Å². The number of aromatic nitrogens is 2. The molecular formula is C66H46N4. The SMILES string of the molecule is C1=CCNC(c2ccc(-n3c(-c4ccccc4)c(-c4ccccc4)c4cc5ccc6c7c(cc8ccc(c5c86)c43)C(c3ccccc3)C(c3ccccc3)N7c3ccc(-c4ccccn4)cc3)cc2)=C1. The molecule has 2 aliphatic rings. The molecule has 0 fully saturated rings. The molecule has 4 heteroatoms. The second-order valence-electron chi connectivity index (χ2n) is 18.6. The van der Waals surface area contributed by atoms with Crippen LogP contribution >= 0.6 is 0 Å². The van der Waals surface area contributed by atoms with Crippen molar-refractivity contribution in [2.45, 2.75) is 12.0 Å². The van der Waals surface area contributed by atoms with E-state index in [2.05, 4.69) is 251 Å². The van der Waals surface area contributed by atoms with Gasteiger partial charge < -0.3 is 14.8 Å². The molecule has 0 saturated heterocycles. The molecule has 10 aromatic carbocycles. The number of allylic oxidation sites excluding steroid dienone is 2. The molecule has 2 aliphatic heterocycles. The Morgan fingerprint density at radius 1 is 0.486 bits per heavy atom. The lowest BCUT2D eigenvalue weighted by Crippen LogP contribution is -2.23. The highest BCUT2D eigenvalue weighted by Gasteiger charge is 2.43. The fraction of sp³-hybridized carbons (Fsp3) is 0.0455. The van der Waals surface area contributed by atoms with E-state index in [1.807, 2.05) is 12.3 Å². The van der Waals surface area contributed by atoms with Crippen molar-refractivity contribution in [1.82, 2.24) is 14.9 Å². The van der Waals surface area contributed by atoms with Gasteiger partial charge in [0.25, 0.3) is 0 Å². The van der Waals surface area contributed by atoms with Crippen LogP contribution in [0.3, 0.4) is 0 Å². The van der Waals surface area contributed by atoms with Crippen LogP contribution in [0, 0.1) is 0 Å². The Kier molecular flexibility index (Phi) is 9.38. The lowest BCUT2D eigenvalue weighted by atomic mass is 9.82. The van der Waals surface area contributed by atoms with Crippen LogP contribution in [0.25, 0.3) is 88.2 Å². The van der Waals surface area contributed by atoms with Crippen LogP contribution in [0.15, 0.2) is 249 Å². The predicted octanol–water partition coefficient (Wildman–Crippen LogP) is 16.4. The number of pyridine rings is 1. The summed E-state index contributed by atoms with van der Waals surface area (Å²) in [6, 6.07) is 83.1. The normalized spacial score (nSPS) is 15.5. The summed E-state index contributed by atoms with van der Waals surface area (Å²) >= 11 is 0. The van der Waals surface area contributed by atoms with Crippen molar-refractivity contribution < 1.29 is 0 Å². The van der Waals surface area contributed by atoms with E-state index < -0.39 is 0 Å². The Morgan fingerprint density at radius 3 is 1.79 bits per heavy atom. The zero-order valence-electron chi connectivity index (χ0n) is 38.4. The average Bonchev–Trinajstić information content (AvgIpc) is 3.97. The van der Waals surface area contributed by atoms with Gasteiger partial charge in [0.15, 0.2) is 0 Å². The summed E-state index contributed by atoms with van der Waals surface area (Å²) in [6.45, 7) is 0.826. The highest BCUT2D eigenvalue weighted by atomic mass is 15.2. The summed E-state index contributed by atoms with van der Waals surface area (Å²) in [5, 5.41) is 12.4. The Hall–Kier alpha value is -8.99. The zero-order valence-corrected chi connectivity index (χ0v) is 38.4. The minimum absolute atomic E-state index is 0.00205. The quantitative estimate of drug-likeness (QED) is 0.154. The van der Waals surface area contributed by atoms with Crippen LogP contribution < -0.4 is 10.2 Å². The second-order valence-corrected chi connectivity index (χ2v) is 18.6. The molecule has 4 heterocycles. The molecule has 0 aliphatic carbocycles. The van der Waals surface area contributed by atoms with Crippen molar-refractivity contribution in [2.24, 2.45) is 0 Å². The third-order valence-corrected chi connectivity index (χ3v) is 14.8. The summed E-state index contributed by atoms with van der Waals surface area (Å²) in [4.78, 5) is 7.35. The number of hydrogen-bond donors (Lipinski definition) is 1. The van der Waals surface area contributed by atoms with Crippen LogP contribution in [-0.4, -0.2) is 16.1 Å². The van der Waals surface area contributed by atoms with Gasteiger partial charge in [0.1, 0.15) is 0 Å². The van der Waals surface area contributed by atoms with E-state index >= 15 is 0 Å². The number of anilines is 2. The molecule has 12 aromatic rings. The first-order valence-corrected chi connectivity index (χ1v) is 24.3. The molecule has 0 radical (unpaired) electrons. The molecule has 0 spiro atoms. The summed E-state index contributed by atoms with van der Waals surface area (Å²) in [7, 11) is 0. The summed E-state index contributed by atoms with van der Waals surface area (Å²) in [5.41, 5.74) is 17.8.